The van der Waals surface area contributed by atoms with E-state index < -0.39 is 0 Å². The third-order valence-corrected chi connectivity index (χ3v) is 2.52. The van der Waals surface area contributed by atoms with Gasteiger partial charge in [-0.1, -0.05) is 36.9 Å². The summed E-state index contributed by atoms with van der Waals surface area (Å²) in [7, 11) is 0. The number of rotatable bonds is 2. The number of hydrogen-bond donors (Lipinski definition) is 0. The Balaban J connectivity index is 2.22. The van der Waals surface area contributed by atoms with Crippen molar-refractivity contribution in [2.75, 3.05) is 13.3 Å². The Hall–Kier alpha value is -1.61. The van der Waals surface area contributed by atoms with E-state index in [-0.39, 0.29) is 11.9 Å². The first kappa shape index (κ1) is 9.93. The maximum Gasteiger partial charge on any atom is 0.248 e. The largest absolute Gasteiger partial charge is 0.359 e. The molecule has 1 heterocycles. The van der Waals surface area contributed by atoms with Gasteiger partial charge in [-0.2, -0.15) is 0 Å². The molecular weight excluding hydrogens is 190 g/mol. The van der Waals surface area contributed by atoms with Crippen LogP contribution in [0.4, 0.5) is 0 Å². The highest BCUT2D eigenvalue weighted by Gasteiger charge is 2.28. The molecule has 0 bridgehead atoms. The molecular formula is C12H13NO2. The van der Waals surface area contributed by atoms with E-state index in [4.69, 9.17) is 4.74 Å². The SMILES string of the molecule is C=CC(=O)N1COC[C@@H]1c1ccccc1. The van der Waals surface area contributed by atoms with Crippen molar-refractivity contribution >= 4 is 5.91 Å². The first-order chi connectivity index (χ1) is 7.33. The van der Waals surface area contributed by atoms with Crippen molar-refractivity contribution in [3.05, 3.63) is 48.6 Å². The molecule has 3 nitrogen and oxygen atoms in total. The summed E-state index contributed by atoms with van der Waals surface area (Å²) in [6.07, 6.45) is 1.32. The smallest absolute Gasteiger partial charge is 0.248 e. The Bertz CT molecular complexity index is 361. The molecule has 1 aliphatic heterocycles. The lowest BCUT2D eigenvalue weighted by molar-refractivity contribution is -0.128. The van der Waals surface area contributed by atoms with Crippen LogP contribution < -0.4 is 0 Å². The molecule has 0 N–H and O–H groups in total. The van der Waals surface area contributed by atoms with Crippen LogP contribution in [-0.4, -0.2) is 24.1 Å². The summed E-state index contributed by atoms with van der Waals surface area (Å²) >= 11 is 0. The van der Waals surface area contributed by atoms with Crippen molar-refractivity contribution in [3.8, 4) is 0 Å². The summed E-state index contributed by atoms with van der Waals surface area (Å²) in [5.41, 5.74) is 1.10. The fourth-order valence-electron chi connectivity index (χ4n) is 1.73. The molecule has 0 saturated carbocycles. The van der Waals surface area contributed by atoms with Gasteiger partial charge in [0.1, 0.15) is 6.73 Å². The van der Waals surface area contributed by atoms with Gasteiger partial charge >= 0.3 is 0 Å². The van der Waals surface area contributed by atoms with Crippen molar-refractivity contribution < 1.29 is 9.53 Å². The minimum absolute atomic E-state index is 0.0247. The average Bonchev–Trinajstić information content (AvgIpc) is 2.78. The third-order valence-electron chi connectivity index (χ3n) is 2.52. The van der Waals surface area contributed by atoms with Crippen LogP contribution in [-0.2, 0) is 9.53 Å². The number of benzene rings is 1. The summed E-state index contributed by atoms with van der Waals surface area (Å²) in [5, 5.41) is 0. The monoisotopic (exact) mass is 203 g/mol. The molecule has 0 spiro atoms. The third kappa shape index (κ3) is 1.92. The summed E-state index contributed by atoms with van der Waals surface area (Å²) < 4.78 is 5.30. The van der Waals surface area contributed by atoms with Gasteiger partial charge in [0.2, 0.25) is 5.91 Å². The number of carbonyl (C=O) groups excluding carboxylic acids is 1. The molecule has 1 aliphatic rings. The van der Waals surface area contributed by atoms with Gasteiger partial charge in [0, 0.05) is 0 Å². The van der Waals surface area contributed by atoms with Gasteiger partial charge < -0.3 is 9.64 Å². The molecule has 1 aromatic rings. The molecule has 0 radical (unpaired) electrons. The zero-order chi connectivity index (χ0) is 10.7. The van der Waals surface area contributed by atoms with Crippen LogP contribution in [0.5, 0.6) is 0 Å². The number of hydrogen-bond acceptors (Lipinski definition) is 2. The summed E-state index contributed by atoms with van der Waals surface area (Å²) in [4.78, 5) is 13.2. The molecule has 1 atom stereocenters. The first-order valence-electron chi connectivity index (χ1n) is 4.88. The van der Waals surface area contributed by atoms with Crippen molar-refractivity contribution in [2.45, 2.75) is 6.04 Å². The van der Waals surface area contributed by atoms with Gasteiger partial charge in [-0.05, 0) is 11.6 Å². The van der Waals surface area contributed by atoms with Crippen molar-refractivity contribution in [2.24, 2.45) is 0 Å². The predicted octanol–water partition coefficient (Wildman–Crippen LogP) is 1.73. The van der Waals surface area contributed by atoms with Crippen LogP contribution in [0.2, 0.25) is 0 Å². The van der Waals surface area contributed by atoms with E-state index in [1.807, 2.05) is 30.3 Å². The standard InChI is InChI=1S/C12H13NO2/c1-2-12(14)13-9-15-8-11(13)10-6-4-3-5-7-10/h2-7,11H,1,8-9H2/t11-/m1/s1. The quantitative estimate of drug-likeness (QED) is 0.685. The van der Waals surface area contributed by atoms with E-state index in [1.54, 1.807) is 4.90 Å². The zero-order valence-electron chi connectivity index (χ0n) is 8.43. The summed E-state index contributed by atoms with van der Waals surface area (Å²) in [6.45, 7) is 4.40. The molecule has 15 heavy (non-hydrogen) atoms. The van der Waals surface area contributed by atoms with Crippen LogP contribution in [0.3, 0.4) is 0 Å². The molecule has 78 valence electrons. The second-order valence-corrected chi connectivity index (χ2v) is 3.44. The van der Waals surface area contributed by atoms with Gasteiger partial charge in [-0.15, -0.1) is 0 Å². The molecule has 3 heteroatoms. The first-order valence-corrected chi connectivity index (χ1v) is 4.88. The van der Waals surface area contributed by atoms with E-state index in [1.165, 1.54) is 6.08 Å². The van der Waals surface area contributed by atoms with E-state index in [9.17, 15) is 4.79 Å². The second kappa shape index (κ2) is 4.28. The molecule has 1 fully saturated rings. The molecule has 1 aromatic carbocycles. The maximum absolute atomic E-state index is 11.5. The molecule has 0 unspecified atom stereocenters. The Morgan fingerprint density at radius 2 is 2.20 bits per heavy atom. The summed E-state index contributed by atoms with van der Waals surface area (Å²) in [5.74, 6) is -0.0821. The lowest BCUT2D eigenvalue weighted by atomic mass is 10.1. The lowest BCUT2D eigenvalue weighted by Crippen LogP contribution is -2.29. The second-order valence-electron chi connectivity index (χ2n) is 3.44. The Morgan fingerprint density at radius 3 is 2.87 bits per heavy atom. The van der Waals surface area contributed by atoms with E-state index >= 15 is 0 Å². The molecule has 1 amide bonds. The lowest BCUT2D eigenvalue weighted by Gasteiger charge is -2.21. The van der Waals surface area contributed by atoms with Gasteiger partial charge in [0.05, 0.1) is 12.6 Å². The highest BCUT2D eigenvalue weighted by molar-refractivity contribution is 5.87. The van der Waals surface area contributed by atoms with E-state index in [0.29, 0.717) is 13.3 Å². The van der Waals surface area contributed by atoms with Crippen molar-refractivity contribution in [1.82, 2.24) is 4.90 Å². The van der Waals surface area contributed by atoms with Gasteiger partial charge in [0.15, 0.2) is 0 Å². The Labute approximate surface area is 89.0 Å². The summed E-state index contributed by atoms with van der Waals surface area (Å²) in [6, 6.07) is 9.91. The van der Waals surface area contributed by atoms with Crippen molar-refractivity contribution in [1.29, 1.82) is 0 Å². The fourth-order valence-corrected chi connectivity index (χ4v) is 1.73. The van der Waals surface area contributed by atoms with Crippen LogP contribution in [0, 0.1) is 0 Å². The zero-order valence-corrected chi connectivity index (χ0v) is 8.43. The number of nitrogens with zero attached hydrogens (tertiary/aromatic N) is 1. The number of amides is 1. The van der Waals surface area contributed by atoms with Gasteiger partial charge in [-0.25, -0.2) is 0 Å². The molecule has 2 rings (SSSR count). The highest BCUT2D eigenvalue weighted by atomic mass is 16.5. The fraction of sp³-hybridized carbons (Fsp3) is 0.250. The van der Waals surface area contributed by atoms with E-state index in [0.717, 1.165) is 5.56 Å². The van der Waals surface area contributed by atoms with Crippen LogP contribution in [0.15, 0.2) is 43.0 Å². The van der Waals surface area contributed by atoms with Crippen LogP contribution in [0.25, 0.3) is 0 Å². The average molecular weight is 203 g/mol. The van der Waals surface area contributed by atoms with Gasteiger partial charge in [0.25, 0.3) is 0 Å². The minimum Gasteiger partial charge on any atom is -0.359 e. The molecule has 1 saturated heterocycles. The number of ether oxygens (including phenoxy) is 1. The topological polar surface area (TPSA) is 29.5 Å². The maximum atomic E-state index is 11.5. The number of carbonyl (C=O) groups is 1. The van der Waals surface area contributed by atoms with Crippen molar-refractivity contribution in [3.63, 3.8) is 0 Å². The normalized spacial score (nSPS) is 20.3. The van der Waals surface area contributed by atoms with Gasteiger partial charge in [-0.3, -0.25) is 4.79 Å². The highest BCUT2D eigenvalue weighted by Crippen LogP contribution is 2.25. The van der Waals surface area contributed by atoms with Crippen LogP contribution in [0.1, 0.15) is 11.6 Å². The molecule has 0 aromatic heterocycles. The predicted molar refractivity (Wildman–Crippen MR) is 57.0 cm³/mol. The van der Waals surface area contributed by atoms with E-state index in [2.05, 4.69) is 6.58 Å². The Morgan fingerprint density at radius 1 is 1.47 bits per heavy atom. The minimum atomic E-state index is -0.0821. The Kier molecular flexibility index (Phi) is 2.83. The molecule has 0 aliphatic carbocycles. The van der Waals surface area contributed by atoms with Crippen LogP contribution >= 0.6 is 0 Å².